The largest absolute Gasteiger partial charge is 0.343 e. The molecular weight excluding hydrogens is 528 g/mol. The second-order valence-electron chi connectivity index (χ2n) is 13.6. The molecule has 2 aliphatic heterocycles. The van der Waals surface area contributed by atoms with Crippen LogP contribution in [0.3, 0.4) is 0 Å². The minimum Gasteiger partial charge on any atom is -0.343 e. The molecule has 2 aromatic carbocycles. The number of rotatable bonds is 10. The Kier molecular flexibility index (Phi) is 12.0. The van der Waals surface area contributed by atoms with Crippen molar-refractivity contribution in [1.29, 1.82) is 0 Å². The van der Waals surface area contributed by atoms with Gasteiger partial charge in [0.1, 0.15) is 0 Å². The van der Waals surface area contributed by atoms with Crippen LogP contribution >= 0.6 is 0 Å². The molecule has 2 heterocycles. The van der Waals surface area contributed by atoms with Crippen molar-refractivity contribution in [2.45, 2.75) is 111 Å². The molecular formula is C37H58N6. The molecule has 0 aliphatic carbocycles. The monoisotopic (exact) mass is 586 g/mol. The number of benzene rings is 2. The van der Waals surface area contributed by atoms with Crippen LogP contribution in [0.2, 0.25) is 0 Å². The number of nitrogens with zero attached hydrogens (tertiary/aromatic N) is 4. The lowest BCUT2D eigenvalue weighted by Crippen LogP contribution is -2.35. The summed E-state index contributed by atoms with van der Waals surface area (Å²) in [6.07, 6.45) is 5.84. The number of para-hydroxylation sites is 2. The van der Waals surface area contributed by atoms with Gasteiger partial charge in [-0.3, -0.25) is 9.98 Å². The zero-order valence-corrected chi connectivity index (χ0v) is 28.3. The molecule has 0 unspecified atom stereocenters. The molecule has 2 aromatic rings. The van der Waals surface area contributed by atoms with Gasteiger partial charge in [0.05, 0.1) is 0 Å². The summed E-state index contributed by atoms with van der Waals surface area (Å²) in [5.74, 6) is 3.85. The van der Waals surface area contributed by atoms with Crippen LogP contribution in [-0.2, 0) is 0 Å². The van der Waals surface area contributed by atoms with Crippen molar-refractivity contribution in [3.63, 3.8) is 0 Å². The lowest BCUT2D eigenvalue weighted by molar-refractivity contribution is 0.512. The zero-order chi connectivity index (χ0) is 30.9. The van der Waals surface area contributed by atoms with Crippen LogP contribution in [0, 0.1) is 0 Å². The summed E-state index contributed by atoms with van der Waals surface area (Å²) < 4.78 is 0. The zero-order valence-electron chi connectivity index (χ0n) is 28.3. The molecule has 236 valence electrons. The third-order valence-electron chi connectivity index (χ3n) is 8.87. The number of anilines is 2. The lowest BCUT2D eigenvalue weighted by Gasteiger charge is -2.26. The van der Waals surface area contributed by atoms with Crippen molar-refractivity contribution < 1.29 is 0 Å². The van der Waals surface area contributed by atoms with E-state index in [1.807, 2.05) is 0 Å². The number of hydrogen-bond donors (Lipinski definition) is 2. The van der Waals surface area contributed by atoms with Crippen LogP contribution in [0.15, 0.2) is 46.4 Å². The van der Waals surface area contributed by atoms with Crippen LogP contribution < -0.4 is 10.6 Å². The van der Waals surface area contributed by atoms with Gasteiger partial charge in [-0.05, 0) is 78.0 Å². The fourth-order valence-electron chi connectivity index (χ4n) is 6.35. The molecule has 2 aliphatic rings. The van der Waals surface area contributed by atoms with Crippen molar-refractivity contribution in [3.8, 4) is 0 Å². The van der Waals surface area contributed by atoms with E-state index in [4.69, 9.17) is 9.98 Å². The summed E-state index contributed by atoms with van der Waals surface area (Å²) in [5, 5.41) is 7.70. The molecule has 0 saturated carbocycles. The summed E-state index contributed by atoms with van der Waals surface area (Å²) >= 11 is 0. The Labute approximate surface area is 262 Å². The van der Waals surface area contributed by atoms with E-state index in [-0.39, 0.29) is 0 Å². The summed E-state index contributed by atoms with van der Waals surface area (Å²) in [6.45, 7) is 24.1. The SMILES string of the molecule is CC(C)c1cccc(C(C)C)c1NC(=NCCCN=C(Nc1c(C(C)C)cccc1C(C)C)N1CCCC1)N1CCCC1. The van der Waals surface area contributed by atoms with Gasteiger partial charge in [-0.2, -0.15) is 0 Å². The molecule has 2 N–H and O–H groups in total. The van der Waals surface area contributed by atoms with Gasteiger partial charge in [-0.1, -0.05) is 91.8 Å². The lowest BCUT2D eigenvalue weighted by atomic mass is 9.93. The molecule has 4 rings (SSSR count). The summed E-state index contributed by atoms with van der Waals surface area (Å²) in [4.78, 5) is 15.3. The maximum Gasteiger partial charge on any atom is 0.198 e. The van der Waals surface area contributed by atoms with E-state index in [1.54, 1.807) is 0 Å². The molecule has 0 atom stereocenters. The smallest absolute Gasteiger partial charge is 0.198 e. The van der Waals surface area contributed by atoms with Gasteiger partial charge in [-0.25, -0.2) is 0 Å². The molecule has 2 saturated heterocycles. The highest BCUT2D eigenvalue weighted by Crippen LogP contribution is 2.34. The van der Waals surface area contributed by atoms with Crippen LogP contribution in [-0.4, -0.2) is 61.0 Å². The minimum atomic E-state index is 0.448. The molecule has 6 nitrogen and oxygen atoms in total. The van der Waals surface area contributed by atoms with Crippen molar-refractivity contribution in [3.05, 3.63) is 58.7 Å². The van der Waals surface area contributed by atoms with Gasteiger partial charge >= 0.3 is 0 Å². The summed E-state index contributed by atoms with van der Waals surface area (Å²) in [7, 11) is 0. The Morgan fingerprint density at radius 3 is 1.14 bits per heavy atom. The predicted octanol–water partition coefficient (Wildman–Crippen LogP) is 9.00. The highest BCUT2D eigenvalue weighted by Gasteiger charge is 2.22. The first-order valence-corrected chi connectivity index (χ1v) is 17.1. The van der Waals surface area contributed by atoms with E-state index < -0.39 is 0 Å². The Balaban J connectivity index is 1.53. The van der Waals surface area contributed by atoms with E-state index in [9.17, 15) is 0 Å². The van der Waals surface area contributed by atoms with E-state index in [2.05, 4.69) is 112 Å². The number of likely N-dealkylation sites (tertiary alicyclic amines) is 2. The maximum absolute atomic E-state index is 5.18. The average molecular weight is 587 g/mol. The first-order valence-electron chi connectivity index (χ1n) is 17.1. The van der Waals surface area contributed by atoms with Gasteiger partial charge < -0.3 is 20.4 Å². The molecule has 0 aromatic heterocycles. The highest BCUT2D eigenvalue weighted by atomic mass is 15.3. The Morgan fingerprint density at radius 2 is 0.860 bits per heavy atom. The summed E-state index contributed by atoms with van der Waals surface area (Å²) in [6, 6.07) is 13.5. The van der Waals surface area contributed by atoms with Gasteiger partial charge in [-0.15, -0.1) is 0 Å². The molecule has 43 heavy (non-hydrogen) atoms. The standard InChI is InChI=1S/C37H58N6/c1-26(2)30-16-13-17-31(27(3)4)34(30)40-36(42-22-9-10-23-42)38-20-15-21-39-37(43-24-11-12-25-43)41-35-32(28(5)6)18-14-19-33(35)29(7)8/h13-14,16-19,26-29H,9-12,15,20-25H2,1-8H3,(H,38,40)(H,39,41). The quantitative estimate of drug-likeness (QED) is 0.166. The maximum atomic E-state index is 5.18. The normalized spacial score (nSPS) is 16.5. The summed E-state index contributed by atoms with van der Waals surface area (Å²) in [5.41, 5.74) is 7.97. The molecule has 2 fully saturated rings. The van der Waals surface area contributed by atoms with E-state index >= 15 is 0 Å². The second-order valence-corrected chi connectivity index (χ2v) is 13.6. The van der Waals surface area contributed by atoms with Crippen LogP contribution in [0.25, 0.3) is 0 Å². The first kappa shape index (κ1) is 32.9. The van der Waals surface area contributed by atoms with Crippen molar-refractivity contribution >= 4 is 23.3 Å². The fraction of sp³-hybridized carbons (Fsp3) is 0.622. The number of hydrogen-bond acceptors (Lipinski definition) is 2. The van der Waals surface area contributed by atoms with Gasteiger partial charge in [0.2, 0.25) is 0 Å². The van der Waals surface area contributed by atoms with Crippen LogP contribution in [0.5, 0.6) is 0 Å². The van der Waals surface area contributed by atoms with Gasteiger partial charge in [0, 0.05) is 50.6 Å². The Hall–Kier alpha value is -3.02. The number of guanidine groups is 2. The minimum absolute atomic E-state index is 0.448. The number of aliphatic imine (C=N–C) groups is 2. The van der Waals surface area contributed by atoms with Crippen molar-refractivity contribution in [2.24, 2.45) is 9.98 Å². The first-order chi connectivity index (χ1) is 20.7. The van der Waals surface area contributed by atoms with Crippen LogP contribution in [0.4, 0.5) is 11.4 Å². The molecule has 0 bridgehead atoms. The highest BCUT2D eigenvalue weighted by molar-refractivity contribution is 5.96. The van der Waals surface area contributed by atoms with Crippen molar-refractivity contribution in [1.82, 2.24) is 9.80 Å². The third-order valence-corrected chi connectivity index (χ3v) is 8.87. The van der Waals surface area contributed by atoms with E-state index in [1.165, 1.54) is 59.3 Å². The molecule has 0 radical (unpaired) electrons. The fourth-order valence-corrected chi connectivity index (χ4v) is 6.35. The number of nitrogens with one attached hydrogen (secondary N) is 2. The van der Waals surface area contributed by atoms with Gasteiger partial charge in [0.15, 0.2) is 11.9 Å². The topological polar surface area (TPSA) is 55.3 Å². The van der Waals surface area contributed by atoms with Crippen LogP contribution in [0.1, 0.15) is 133 Å². The van der Waals surface area contributed by atoms with Crippen molar-refractivity contribution in [2.75, 3.05) is 49.9 Å². The molecule has 6 heteroatoms. The van der Waals surface area contributed by atoms with E-state index in [0.29, 0.717) is 23.7 Å². The molecule has 0 spiro atoms. The predicted molar refractivity (Wildman–Crippen MR) is 187 cm³/mol. The van der Waals surface area contributed by atoms with E-state index in [0.717, 1.165) is 57.6 Å². The second kappa shape index (κ2) is 15.6. The Bertz CT molecular complexity index is 1080. The average Bonchev–Trinajstić information content (AvgIpc) is 3.70. The van der Waals surface area contributed by atoms with Gasteiger partial charge in [0.25, 0.3) is 0 Å². The third kappa shape index (κ3) is 8.55. The molecule has 0 amide bonds. The Morgan fingerprint density at radius 1 is 0.558 bits per heavy atom.